The van der Waals surface area contributed by atoms with E-state index in [2.05, 4.69) is 9.71 Å². The first-order valence-electron chi connectivity index (χ1n) is 6.19. The van der Waals surface area contributed by atoms with Gasteiger partial charge in [0.1, 0.15) is 9.22 Å². The van der Waals surface area contributed by atoms with Crippen molar-refractivity contribution in [3.05, 3.63) is 32.6 Å². The number of hydrogen-bond acceptors (Lipinski definition) is 6. The molecule has 0 atom stereocenters. The van der Waals surface area contributed by atoms with Crippen LogP contribution in [0.2, 0.25) is 0 Å². The maximum Gasteiger partial charge on any atom is 0.250 e. The number of aryl methyl sites for hydroxylation is 2. The molecule has 2 aromatic heterocycles. The molecule has 0 spiro atoms. The molecule has 0 aliphatic heterocycles. The van der Waals surface area contributed by atoms with Crippen LogP contribution in [-0.2, 0) is 29.5 Å². The van der Waals surface area contributed by atoms with Gasteiger partial charge in [0.2, 0.25) is 10.0 Å². The number of thiophene rings is 1. The van der Waals surface area contributed by atoms with Crippen molar-refractivity contribution in [2.45, 2.75) is 37.6 Å². The fourth-order valence-electron chi connectivity index (χ4n) is 1.64. The van der Waals surface area contributed by atoms with E-state index >= 15 is 0 Å². The number of aromatic nitrogens is 1. The number of sulfonamides is 1. The van der Waals surface area contributed by atoms with Gasteiger partial charge in [0.25, 0.3) is 0 Å². The minimum atomic E-state index is -3.49. The summed E-state index contributed by atoms with van der Waals surface area (Å²) in [6, 6.07) is 1.66. The molecule has 0 radical (unpaired) electrons. The van der Waals surface area contributed by atoms with Gasteiger partial charge in [-0.2, -0.15) is 0 Å². The average Bonchev–Trinajstić information content (AvgIpc) is 3.02. The molecule has 0 saturated carbocycles. The highest BCUT2D eigenvalue weighted by Crippen LogP contribution is 2.25. The highest BCUT2D eigenvalue weighted by molar-refractivity contribution is 7.91. The van der Waals surface area contributed by atoms with Gasteiger partial charge >= 0.3 is 0 Å². The second-order valence-corrected chi connectivity index (χ2v) is 8.60. The van der Waals surface area contributed by atoms with Gasteiger partial charge in [-0.1, -0.05) is 6.92 Å². The molecular weight excluding hydrogens is 314 g/mol. The van der Waals surface area contributed by atoms with Crippen molar-refractivity contribution in [1.29, 1.82) is 0 Å². The third-order valence-corrected chi connectivity index (χ3v) is 7.09. The minimum Gasteiger partial charge on any atom is -0.326 e. The van der Waals surface area contributed by atoms with Crippen LogP contribution in [0.1, 0.15) is 27.2 Å². The SMILES string of the molecule is CCc1cnc(CNS(=O)(=O)c2cc(C)c(CN)s2)s1. The molecule has 0 amide bonds. The summed E-state index contributed by atoms with van der Waals surface area (Å²) in [7, 11) is -3.49. The lowest BCUT2D eigenvalue weighted by atomic mass is 10.3. The van der Waals surface area contributed by atoms with Crippen LogP contribution >= 0.6 is 22.7 Å². The van der Waals surface area contributed by atoms with Gasteiger partial charge in [-0.25, -0.2) is 18.1 Å². The van der Waals surface area contributed by atoms with Gasteiger partial charge in [0.15, 0.2) is 0 Å². The Labute approximate surface area is 126 Å². The van der Waals surface area contributed by atoms with Gasteiger partial charge in [-0.3, -0.25) is 0 Å². The van der Waals surface area contributed by atoms with E-state index in [0.717, 1.165) is 26.7 Å². The van der Waals surface area contributed by atoms with E-state index in [9.17, 15) is 8.42 Å². The van der Waals surface area contributed by atoms with E-state index in [1.54, 1.807) is 12.3 Å². The number of hydrogen-bond donors (Lipinski definition) is 2. The topological polar surface area (TPSA) is 85.1 Å². The van der Waals surface area contributed by atoms with Crippen LogP contribution in [0.3, 0.4) is 0 Å². The normalized spacial score (nSPS) is 11.9. The van der Waals surface area contributed by atoms with Crippen molar-refractivity contribution < 1.29 is 8.42 Å². The Morgan fingerprint density at radius 2 is 2.15 bits per heavy atom. The molecule has 3 N–H and O–H groups in total. The van der Waals surface area contributed by atoms with E-state index in [1.165, 1.54) is 22.7 Å². The fourth-order valence-corrected chi connectivity index (χ4v) is 5.04. The molecule has 0 unspecified atom stereocenters. The van der Waals surface area contributed by atoms with E-state index in [4.69, 9.17) is 5.73 Å². The average molecular weight is 331 g/mol. The molecule has 20 heavy (non-hydrogen) atoms. The Hall–Kier alpha value is -0.800. The molecule has 0 bridgehead atoms. The van der Waals surface area contributed by atoms with E-state index in [0.29, 0.717) is 10.8 Å². The molecule has 5 nitrogen and oxygen atoms in total. The number of rotatable bonds is 6. The molecule has 0 aliphatic rings. The Bertz CT molecular complexity index is 689. The zero-order chi connectivity index (χ0) is 14.8. The van der Waals surface area contributed by atoms with Crippen LogP contribution in [0.25, 0.3) is 0 Å². The second kappa shape index (κ2) is 6.31. The van der Waals surface area contributed by atoms with Crippen molar-refractivity contribution >= 4 is 32.7 Å². The Balaban J connectivity index is 2.10. The molecule has 110 valence electrons. The Morgan fingerprint density at radius 1 is 1.40 bits per heavy atom. The van der Waals surface area contributed by atoms with Gasteiger partial charge in [0, 0.05) is 22.5 Å². The van der Waals surface area contributed by atoms with Crippen LogP contribution in [0.5, 0.6) is 0 Å². The first-order valence-corrected chi connectivity index (χ1v) is 9.30. The molecule has 8 heteroatoms. The highest BCUT2D eigenvalue weighted by atomic mass is 32.2. The summed E-state index contributed by atoms with van der Waals surface area (Å²) < 4.78 is 27.3. The fraction of sp³-hybridized carbons (Fsp3) is 0.417. The van der Waals surface area contributed by atoms with Gasteiger partial charge < -0.3 is 5.73 Å². The Kier molecular flexibility index (Phi) is 4.92. The molecule has 0 aliphatic carbocycles. The Morgan fingerprint density at radius 3 is 2.70 bits per heavy atom. The quantitative estimate of drug-likeness (QED) is 0.848. The number of nitrogens with two attached hydrogens (primary N) is 1. The van der Waals surface area contributed by atoms with Gasteiger partial charge in [-0.05, 0) is 25.0 Å². The third kappa shape index (κ3) is 3.44. The van der Waals surface area contributed by atoms with Crippen molar-refractivity contribution in [2.75, 3.05) is 0 Å². The summed E-state index contributed by atoms with van der Waals surface area (Å²) >= 11 is 2.75. The summed E-state index contributed by atoms with van der Waals surface area (Å²) in [4.78, 5) is 6.24. The highest BCUT2D eigenvalue weighted by Gasteiger charge is 2.18. The van der Waals surface area contributed by atoms with Crippen LogP contribution in [0, 0.1) is 6.92 Å². The van der Waals surface area contributed by atoms with Gasteiger partial charge in [0.05, 0.1) is 6.54 Å². The molecule has 2 rings (SSSR count). The molecule has 0 fully saturated rings. The largest absolute Gasteiger partial charge is 0.326 e. The summed E-state index contributed by atoms with van der Waals surface area (Å²) in [6.07, 6.45) is 2.70. The second-order valence-electron chi connectivity index (χ2n) is 4.27. The summed E-state index contributed by atoms with van der Waals surface area (Å²) in [5.74, 6) is 0. The number of nitrogens with zero attached hydrogens (tertiary/aromatic N) is 1. The zero-order valence-corrected chi connectivity index (χ0v) is 13.8. The lowest BCUT2D eigenvalue weighted by molar-refractivity contribution is 0.583. The van der Waals surface area contributed by atoms with Crippen molar-refractivity contribution in [2.24, 2.45) is 5.73 Å². The lowest BCUT2D eigenvalue weighted by Crippen LogP contribution is -2.22. The molecular formula is C12H17N3O2S3. The summed E-state index contributed by atoms with van der Waals surface area (Å²) in [6.45, 7) is 4.50. The summed E-state index contributed by atoms with van der Waals surface area (Å²) in [5.41, 5.74) is 6.49. The van der Waals surface area contributed by atoms with Crippen LogP contribution in [-0.4, -0.2) is 13.4 Å². The van der Waals surface area contributed by atoms with E-state index in [-0.39, 0.29) is 6.54 Å². The van der Waals surface area contributed by atoms with Gasteiger partial charge in [-0.15, -0.1) is 22.7 Å². The lowest BCUT2D eigenvalue weighted by Gasteiger charge is -2.02. The molecule has 2 aromatic rings. The first kappa shape index (κ1) is 15.6. The van der Waals surface area contributed by atoms with Crippen molar-refractivity contribution in [1.82, 2.24) is 9.71 Å². The zero-order valence-electron chi connectivity index (χ0n) is 11.3. The first-order chi connectivity index (χ1) is 9.46. The number of nitrogens with one attached hydrogen (secondary N) is 1. The molecule has 2 heterocycles. The predicted molar refractivity (Wildman–Crippen MR) is 82.5 cm³/mol. The number of thiazole rings is 1. The predicted octanol–water partition coefficient (Wildman–Crippen LogP) is 2.01. The maximum atomic E-state index is 12.2. The van der Waals surface area contributed by atoms with Crippen LogP contribution in [0.4, 0.5) is 0 Å². The maximum absolute atomic E-state index is 12.2. The third-order valence-electron chi connectivity index (χ3n) is 2.81. The standard InChI is InChI=1S/C12H17N3O2S3/c1-3-9-6-14-11(18-9)7-15-20(16,17)12-4-8(2)10(5-13)19-12/h4,6,15H,3,5,7,13H2,1-2H3. The smallest absolute Gasteiger partial charge is 0.250 e. The van der Waals surface area contributed by atoms with E-state index in [1.807, 2.05) is 13.8 Å². The summed E-state index contributed by atoms with van der Waals surface area (Å²) in [5, 5.41) is 0.776. The van der Waals surface area contributed by atoms with Crippen LogP contribution < -0.4 is 10.5 Å². The van der Waals surface area contributed by atoms with Crippen molar-refractivity contribution in [3.63, 3.8) is 0 Å². The molecule has 0 aromatic carbocycles. The molecule has 0 saturated heterocycles. The minimum absolute atomic E-state index is 0.224. The van der Waals surface area contributed by atoms with Crippen LogP contribution in [0.15, 0.2) is 16.5 Å². The van der Waals surface area contributed by atoms with E-state index < -0.39 is 10.0 Å². The van der Waals surface area contributed by atoms with Crippen molar-refractivity contribution in [3.8, 4) is 0 Å². The monoisotopic (exact) mass is 331 g/mol.